The molecule has 46 heavy (non-hydrogen) atoms. The second kappa shape index (κ2) is 15.8. The van der Waals surface area contributed by atoms with Crippen LogP contribution in [0, 0.1) is 5.92 Å². The van der Waals surface area contributed by atoms with E-state index >= 15 is 0 Å². The molecule has 2 aliphatic rings. The van der Waals surface area contributed by atoms with Crippen LogP contribution < -0.4 is 15.0 Å². The Morgan fingerprint density at radius 3 is 2.28 bits per heavy atom. The molecule has 3 aromatic carbocycles. The highest BCUT2D eigenvalue weighted by molar-refractivity contribution is 7.80. The van der Waals surface area contributed by atoms with Crippen molar-refractivity contribution < 1.29 is 23.9 Å². The summed E-state index contributed by atoms with van der Waals surface area (Å²) in [7, 11) is 1.59. The zero-order valence-corrected chi connectivity index (χ0v) is 27.3. The lowest BCUT2D eigenvalue weighted by Crippen LogP contribution is -2.40. The van der Waals surface area contributed by atoms with Gasteiger partial charge in [-0.25, -0.2) is 4.79 Å². The highest BCUT2D eigenvalue weighted by atomic mass is 32.1. The van der Waals surface area contributed by atoms with Gasteiger partial charge >= 0.3 is 5.97 Å². The number of hydrogen-bond donors (Lipinski definition) is 1. The minimum atomic E-state index is -0.731. The van der Waals surface area contributed by atoms with Gasteiger partial charge in [0.15, 0.2) is 5.11 Å². The lowest BCUT2D eigenvalue weighted by molar-refractivity contribution is -0.124. The van der Waals surface area contributed by atoms with E-state index < -0.39 is 12.0 Å². The number of benzene rings is 3. The van der Waals surface area contributed by atoms with Crippen LogP contribution in [0.2, 0.25) is 0 Å². The van der Waals surface area contributed by atoms with Gasteiger partial charge in [-0.3, -0.25) is 14.5 Å². The maximum absolute atomic E-state index is 13.8. The van der Waals surface area contributed by atoms with E-state index in [2.05, 4.69) is 40.5 Å². The Hall–Kier alpha value is -4.28. The van der Waals surface area contributed by atoms with E-state index in [1.54, 1.807) is 62.6 Å². The van der Waals surface area contributed by atoms with Crippen LogP contribution in [0.5, 0.6) is 5.75 Å². The van der Waals surface area contributed by atoms with Crippen LogP contribution in [-0.4, -0.2) is 78.6 Å². The number of thiocarbonyl (C=S) groups is 1. The van der Waals surface area contributed by atoms with Gasteiger partial charge < -0.3 is 24.6 Å². The van der Waals surface area contributed by atoms with Crippen molar-refractivity contribution in [1.82, 2.24) is 9.80 Å². The van der Waals surface area contributed by atoms with Crippen molar-refractivity contribution >= 4 is 46.5 Å². The minimum absolute atomic E-state index is 0.0594. The Morgan fingerprint density at radius 1 is 0.935 bits per heavy atom. The zero-order chi connectivity index (χ0) is 32.5. The molecular formula is C36H42N4O5S. The standard InChI is InChI=1S/C36H42N4O5S/c1-3-45-35(43)28-10-12-29(13-11-28)37-33(41)25-32-34(42)40(30-14-16-31(44-2)17-15-30)36(46)39(32)21-7-20-38-22-18-27(19-23-38)24-26-8-5-4-6-9-26/h4-6,8-17,27,32H,3,7,18-25H2,1-2H3,(H,37,41)/t32-/m1/s1. The summed E-state index contributed by atoms with van der Waals surface area (Å²) >= 11 is 5.86. The number of carbonyl (C=O) groups excluding carboxylic acids is 3. The van der Waals surface area contributed by atoms with E-state index in [0.717, 1.165) is 32.5 Å². The van der Waals surface area contributed by atoms with Crippen molar-refractivity contribution in [2.75, 3.05) is 50.1 Å². The summed E-state index contributed by atoms with van der Waals surface area (Å²) in [6, 6.07) is 23.6. The van der Waals surface area contributed by atoms with E-state index in [9.17, 15) is 14.4 Å². The molecule has 9 nitrogen and oxygen atoms in total. The van der Waals surface area contributed by atoms with E-state index in [4.69, 9.17) is 21.7 Å². The third-order valence-electron chi connectivity index (χ3n) is 8.66. The van der Waals surface area contributed by atoms with Gasteiger partial charge in [0.1, 0.15) is 11.8 Å². The Balaban J connectivity index is 1.21. The number of rotatable bonds is 13. The molecule has 10 heteroatoms. The highest BCUT2D eigenvalue weighted by Crippen LogP contribution is 2.29. The number of esters is 1. The van der Waals surface area contributed by atoms with Gasteiger partial charge in [0.2, 0.25) is 5.91 Å². The molecule has 0 saturated carbocycles. The van der Waals surface area contributed by atoms with Crippen LogP contribution in [0.15, 0.2) is 78.9 Å². The first kappa shape index (κ1) is 33.1. The molecule has 3 aromatic rings. The lowest BCUT2D eigenvalue weighted by Gasteiger charge is -2.33. The van der Waals surface area contributed by atoms with Gasteiger partial charge in [0.25, 0.3) is 5.91 Å². The number of piperidine rings is 1. The molecule has 242 valence electrons. The van der Waals surface area contributed by atoms with Crippen molar-refractivity contribution in [3.63, 3.8) is 0 Å². The van der Waals surface area contributed by atoms with Gasteiger partial charge in [-0.05, 0) is 124 Å². The van der Waals surface area contributed by atoms with Gasteiger partial charge in [0, 0.05) is 12.2 Å². The molecule has 0 aliphatic carbocycles. The predicted molar refractivity (Wildman–Crippen MR) is 183 cm³/mol. The summed E-state index contributed by atoms with van der Waals surface area (Å²) in [6.07, 6.45) is 4.23. The van der Waals surface area contributed by atoms with E-state index in [1.807, 2.05) is 4.90 Å². The molecule has 1 atom stereocenters. The second-order valence-electron chi connectivity index (χ2n) is 11.7. The van der Waals surface area contributed by atoms with Crippen molar-refractivity contribution in [1.29, 1.82) is 0 Å². The fourth-order valence-corrected chi connectivity index (χ4v) is 6.59. The van der Waals surface area contributed by atoms with Crippen LogP contribution in [0.3, 0.4) is 0 Å². The van der Waals surface area contributed by atoms with Crippen molar-refractivity contribution in [3.05, 3.63) is 90.0 Å². The summed E-state index contributed by atoms with van der Waals surface area (Å²) in [5, 5.41) is 3.26. The van der Waals surface area contributed by atoms with E-state index in [1.165, 1.54) is 23.3 Å². The normalized spacial score (nSPS) is 17.3. The molecule has 0 spiro atoms. The predicted octanol–water partition coefficient (Wildman–Crippen LogP) is 5.55. The first-order valence-corrected chi connectivity index (χ1v) is 16.4. The number of carbonyl (C=O) groups is 3. The third kappa shape index (κ3) is 8.30. The molecule has 2 aliphatic heterocycles. The maximum Gasteiger partial charge on any atom is 0.338 e. The fourth-order valence-electron chi connectivity index (χ4n) is 6.17. The Bertz CT molecular complexity index is 1490. The number of likely N-dealkylation sites (tertiary alicyclic amines) is 1. The molecule has 0 bridgehead atoms. The van der Waals surface area contributed by atoms with Crippen LogP contribution in [-0.2, 0) is 20.7 Å². The van der Waals surface area contributed by atoms with Gasteiger partial charge in [-0.15, -0.1) is 0 Å². The summed E-state index contributed by atoms with van der Waals surface area (Å²) in [6.45, 7) is 5.61. The first-order chi connectivity index (χ1) is 22.4. The monoisotopic (exact) mass is 642 g/mol. The summed E-state index contributed by atoms with van der Waals surface area (Å²) in [4.78, 5) is 44.9. The molecular weight excluding hydrogens is 600 g/mol. The number of ether oxygens (including phenoxy) is 2. The Morgan fingerprint density at radius 2 is 1.63 bits per heavy atom. The number of anilines is 2. The summed E-state index contributed by atoms with van der Waals surface area (Å²) < 4.78 is 10.3. The zero-order valence-electron chi connectivity index (χ0n) is 26.5. The van der Waals surface area contributed by atoms with Gasteiger partial charge in [0.05, 0.1) is 31.4 Å². The highest BCUT2D eigenvalue weighted by Gasteiger charge is 2.44. The Labute approximate surface area is 276 Å². The van der Waals surface area contributed by atoms with Gasteiger partial charge in [-0.1, -0.05) is 30.3 Å². The van der Waals surface area contributed by atoms with Crippen LogP contribution >= 0.6 is 12.2 Å². The van der Waals surface area contributed by atoms with Crippen LogP contribution in [0.4, 0.5) is 11.4 Å². The number of methoxy groups -OCH3 is 1. The molecule has 2 fully saturated rings. The fraction of sp³-hybridized carbons (Fsp3) is 0.389. The topological polar surface area (TPSA) is 91.4 Å². The van der Waals surface area contributed by atoms with Crippen LogP contribution in [0.1, 0.15) is 48.5 Å². The maximum atomic E-state index is 13.8. The first-order valence-electron chi connectivity index (χ1n) is 16.0. The molecule has 2 saturated heterocycles. The van der Waals surface area contributed by atoms with Crippen molar-refractivity contribution in [2.24, 2.45) is 5.92 Å². The van der Waals surface area contributed by atoms with E-state index in [0.29, 0.717) is 40.3 Å². The van der Waals surface area contributed by atoms with Crippen LogP contribution in [0.25, 0.3) is 0 Å². The number of hydrogen-bond acceptors (Lipinski definition) is 7. The molecule has 0 aromatic heterocycles. The average molecular weight is 643 g/mol. The van der Waals surface area contributed by atoms with Gasteiger partial charge in [-0.2, -0.15) is 0 Å². The summed E-state index contributed by atoms with van der Waals surface area (Å²) in [5.41, 5.74) is 2.97. The Kier molecular flexibility index (Phi) is 11.4. The molecule has 0 radical (unpaired) electrons. The summed E-state index contributed by atoms with van der Waals surface area (Å²) in [5.74, 6) is 0.411. The molecule has 0 unspecified atom stereocenters. The van der Waals surface area contributed by atoms with Crippen molar-refractivity contribution in [2.45, 2.75) is 45.1 Å². The second-order valence-corrected chi connectivity index (χ2v) is 12.1. The lowest BCUT2D eigenvalue weighted by atomic mass is 9.90. The average Bonchev–Trinajstić information content (AvgIpc) is 3.30. The molecule has 1 N–H and O–H groups in total. The smallest absolute Gasteiger partial charge is 0.338 e. The number of nitrogens with one attached hydrogen (secondary N) is 1. The molecule has 2 heterocycles. The molecule has 5 rings (SSSR count). The SMILES string of the molecule is CCOC(=O)c1ccc(NC(=O)C[C@@H]2C(=O)N(c3ccc(OC)cc3)C(=S)N2CCCN2CCC(Cc3ccccc3)CC2)cc1. The number of nitrogens with zero attached hydrogens (tertiary/aromatic N) is 3. The minimum Gasteiger partial charge on any atom is -0.497 e. The molecule has 2 amide bonds. The van der Waals surface area contributed by atoms with E-state index in [-0.39, 0.29) is 24.8 Å². The quantitative estimate of drug-likeness (QED) is 0.192. The largest absolute Gasteiger partial charge is 0.497 e. The number of amides is 2. The third-order valence-corrected chi connectivity index (χ3v) is 9.07. The van der Waals surface area contributed by atoms with Crippen molar-refractivity contribution in [3.8, 4) is 5.75 Å².